The molecule has 1 aromatic carbocycles. The van der Waals surface area contributed by atoms with Crippen LogP contribution in [0.4, 0.5) is 5.69 Å². The van der Waals surface area contributed by atoms with Crippen LogP contribution in [-0.2, 0) is 20.7 Å². The van der Waals surface area contributed by atoms with Gasteiger partial charge in [0.25, 0.3) is 5.69 Å². The number of carbonyl (C=O) groups excluding carboxylic acids is 2. The number of ether oxygens (including phenoxy) is 1. The second-order valence-corrected chi connectivity index (χ2v) is 6.84. The number of esters is 1. The molecule has 1 aliphatic rings. The maximum Gasteiger partial charge on any atom is 0.310 e. The van der Waals surface area contributed by atoms with Crippen LogP contribution in [0.15, 0.2) is 24.3 Å². The van der Waals surface area contributed by atoms with Crippen molar-refractivity contribution in [3.8, 4) is 0 Å². The van der Waals surface area contributed by atoms with Crippen molar-refractivity contribution in [2.75, 3.05) is 0 Å². The van der Waals surface area contributed by atoms with Crippen molar-refractivity contribution in [2.24, 2.45) is 11.8 Å². The van der Waals surface area contributed by atoms with Crippen LogP contribution in [0.2, 0.25) is 0 Å². The molecular formula is C17H21NO5. The Morgan fingerprint density at radius 1 is 1.35 bits per heavy atom. The molecule has 2 atom stereocenters. The van der Waals surface area contributed by atoms with Crippen LogP contribution in [0, 0.1) is 22.0 Å². The third kappa shape index (κ3) is 4.15. The van der Waals surface area contributed by atoms with E-state index in [9.17, 15) is 19.7 Å². The zero-order valence-electron chi connectivity index (χ0n) is 13.6. The number of carbonyl (C=O) groups is 2. The summed E-state index contributed by atoms with van der Waals surface area (Å²) in [6, 6.07) is 6.33. The van der Waals surface area contributed by atoms with E-state index in [2.05, 4.69) is 0 Å². The van der Waals surface area contributed by atoms with Crippen LogP contribution in [-0.4, -0.2) is 22.3 Å². The minimum Gasteiger partial charge on any atom is -0.460 e. The number of hydrogen-bond donors (Lipinski definition) is 0. The Balaban J connectivity index is 2.21. The molecule has 0 spiro atoms. The van der Waals surface area contributed by atoms with Gasteiger partial charge in [0.05, 0.1) is 10.8 Å². The largest absolute Gasteiger partial charge is 0.460 e. The standard InChI is InChI=1S/C17H21NO5/c1-17(2,3)23-16(20)12-8-9-15(19)13(12)10-11-6-4-5-7-14(11)18(21)22/h4-7,12-13H,8-10H2,1-3H3. The molecule has 0 amide bonds. The van der Waals surface area contributed by atoms with Gasteiger partial charge in [-0.1, -0.05) is 18.2 Å². The highest BCUT2D eigenvalue weighted by Gasteiger charge is 2.42. The number of Topliss-reactive ketones (excluding diaryl/α,β-unsaturated/α-hetero) is 1. The molecule has 1 fully saturated rings. The fourth-order valence-electron chi connectivity index (χ4n) is 2.92. The molecule has 0 bridgehead atoms. The number of para-hydroxylation sites is 1. The first-order valence-electron chi connectivity index (χ1n) is 7.67. The SMILES string of the molecule is CC(C)(C)OC(=O)C1CCC(=O)C1Cc1ccccc1[N+](=O)[O-]. The van der Waals surface area contributed by atoms with Crippen molar-refractivity contribution >= 4 is 17.4 Å². The first-order valence-corrected chi connectivity index (χ1v) is 7.67. The monoisotopic (exact) mass is 319 g/mol. The predicted molar refractivity (Wildman–Crippen MR) is 83.9 cm³/mol. The Hall–Kier alpha value is -2.24. The highest BCUT2D eigenvalue weighted by molar-refractivity contribution is 5.90. The van der Waals surface area contributed by atoms with Crippen LogP contribution < -0.4 is 0 Å². The summed E-state index contributed by atoms with van der Waals surface area (Å²) < 4.78 is 5.39. The molecule has 23 heavy (non-hydrogen) atoms. The molecule has 0 aliphatic heterocycles. The van der Waals surface area contributed by atoms with E-state index in [1.807, 2.05) is 0 Å². The zero-order chi connectivity index (χ0) is 17.2. The molecule has 1 saturated carbocycles. The Labute approximate surface area is 135 Å². The van der Waals surface area contributed by atoms with E-state index in [4.69, 9.17) is 4.74 Å². The number of hydrogen-bond acceptors (Lipinski definition) is 5. The van der Waals surface area contributed by atoms with Crippen molar-refractivity contribution in [1.82, 2.24) is 0 Å². The van der Waals surface area contributed by atoms with E-state index in [-0.39, 0.29) is 17.9 Å². The average Bonchev–Trinajstić information content (AvgIpc) is 2.79. The molecule has 0 N–H and O–H groups in total. The third-order valence-electron chi connectivity index (χ3n) is 3.94. The van der Waals surface area contributed by atoms with Crippen molar-refractivity contribution in [1.29, 1.82) is 0 Å². The summed E-state index contributed by atoms with van der Waals surface area (Å²) in [5, 5.41) is 11.1. The highest BCUT2D eigenvalue weighted by Crippen LogP contribution is 2.35. The number of ketones is 1. The summed E-state index contributed by atoms with van der Waals surface area (Å²) in [6.45, 7) is 5.33. The summed E-state index contributed by atoms with van der Waals surface area (Å²) in [4.78, 5) is 35.1. The number of benzene rings is 1. The van der Waals surface area contributed by atoms with Gasteiger partial charge in [0.15, 0.2) is 0 Å². The Kier molecular flexibility index (Phi) is 4.82. The van der Waals surface area contributed by atoms with Gasteiger partial charge >= 0.3 is 5.97 Å². The van der Waals surface area contributed by atoms with Crippen LogP contribution in [0.1, 0.15) is 39.2 Å². The number of nitro benzene ring substituents is 1. The molecule has 124 valence electrons. The quantitative estimate of drug-likeness (QED) is 0.483. The van der Waals surface area contributed by atoms with Gasteiger partial charge in [-0.25, -0.2) is 0 Å². The topological polar surface area (TPSA) is 86.5 Å². The third-order valence-corrected chi connectivity index (χ3v) is 3.94. The van der Waals surface area contributed by atoms with Crippen LogP contribution >= 0.6 is 0 Å². The minimum atomic E-state index is -0.619. The molecule has 0 aromatic heterocycles. The van der Waals surface area contributed by atoms with Gasteiger partial charge in [-0.2, -0.15) is 0 Å². The zero-order valence-corrected chi connectivity index (χ0v) is 13.6. The molecule has 1 aromatic rings. The molecule has 1 aliphatic carbocycles. The Morgan fingerprint density at radius 3 is 2.61 bits per heavy atom. The summed E-state index contributed by atoms with van der Waals surface area (Å²) in [6.07, 6.45) is 0.953. The van der Waals surface area contributed by atoms with Crippen LogP contribution in [0.25, 0.3) is 0 Å². The van der Waals surface area contributed by atoms with Gasteiger partial charge < -0.3 is 4.74 Å². The van der Waals surface area contributed by atoms with Gasteiger partial charge in [0.2, 0.25) is 0 Å². The number of nitro groups is 1. The van der Waals surface area contributed by atoms with Gasteiger partial charge in [-0.15, -0.1) is 0 Å². The lowest BCUT2D eigenvalue weighted by Crippen LogP contribution is -2.32. The molecule has 2 unspecified atom stereocenters. The normalized spacial score (nSPS) is 21.3. The summed E-state index contributed by atoms with van der Waals surface area (Å²) >= 11 is 0. The van der Waals surface area contributed by atoms with Crippen molar-refractivity contribution in [3.05, 3.63) is 39.9 Å². The lowest BCUT2D eigenvalue weighted by Gasteiger charge is -2.24. The Morgan fingerprint density at radius 2 is 2.00 bits per heavy atom. The number of nitrogens with zero attached hydrogens (tertiary/aromatic N) is 1. The first kappa shape index (κ1) is 17.1. The molecular weight excluding hydrogens is 298 g/mol. The molecule has 0 radical (unpaired) electrons. The second kappa shape index (κ2) is 6.48. The van der Waals surface area contributed by atoms with E-state index in [1.165, 1.54) is 6.07 Å². The minimum absolute atomic E-state index is 0.0184. The van der Waals surface area contributed by atoms with Crippen LogP contribution in [0.3, 0.4) is 0 Å². The van der Waals surface area contributed by atoms with E-state index in [1.54, 1.807) is 39.0 Å². The van der Waals surface area contributed by atoms with Crippen molar-refractivity contribution in [3.63, 3.8) is 0 Å². The number of rotatable bonds is 4. The second-order valence-electron chi connectivity index (χ2n) is 6.84. The van der Waals surface area contributed by atoms with Crippen molar-refractivity contribution in [2.45, 2.75) is 45.6 Å². The molecule has 0 saturated heterocycles. The smallest absolute Gasteiger partial charge is 0.310 e. The van der Waals surface area contributed by atoms with E-state index >= 15 is 0 Å². The van der Waals surface area contributed by atoms with Gasteiger partial charge in [-0.05, 0) is 33.6 Å². The molecule has 0 heterocycles. The van der Waals surface area contributed by atoms with Gasteiger partial charge in [-0.3, -0.25) is 19.7 Å². The predicted octanol–water partition coefficient (Wildman–Crippen LogP) is 3.07. The molecule has 6 nitrogen and oxygen atoms in total. The maximum atomic E-state index is 12.3. The molecule has 6 heteroatoms. The maximum absolute atomic E-state index is 12.3. The van der Waals surface area contributed by atoms with Gasteiger partial charge in [0, 0.05) is 24.0 Å². The lowest BCUT2D eigenvalue weighted by atomic mass is 9.88. The fourth-order valence-corrected chi connectivity index (χ4v) is 2.92. The van der Waals surface area contributed by atoms with E-state index < -0.39 is 28.3 Å². The van der Waals surface area contributed by atoms with Crippen LogP contribution in [0.5, 0.6) is 0 Å². The summed E-state index contributed by atoms with van der Waals surface area (Å²) in [5.74, 6) is -1.50. The lowest BCUT2D eigenvalue weighted by molar-refractivity contribution is -0.385. The summed E-state index contributed by atoms with van der Waals surface area (Å²) in [7, 11) is 0. The average molecular weight is 319 g/mol. The highest BCUT2D eigenvalue weighted by atomic mass is 16.6. The fraction of sp³-hybridized carbons (Fsp3) is 0.529. The Bertz CT molecular complexity index is 632. The van der Waals surface area contributed by atoms with E-state index in [0.29, 0.717) is 18.4 Å². The summed E-state index contributed by atoms with van der Waals surface area (Å²) in [5.41, 5.74) is -0.159. The first-order chi connectivity index (χ1) is 10.7. The van der Waals surface area contributed by atoms with E-state index in [0.717, 1.165) is 0 Å². The van der Waals surface area contributed by atoms with Gasteiger partial charge in [0.1, 0.15) is 11.4 Å². The molecule has 2 rings (SSSR count). The van der Waals surface area contributed by atoms with Crippen molar-refractivity contribution < 1.29 is 19.2 Å².